The van der Waals surface area contributed by atoms with Crippen LogP contribution in [0.2, 0.25) is 0 Å². The predicted octanol–water partition coefficient (Wildman–Crippen LogP) is 5.17. The molecule has 7 heteroatoms. The molecular weight excluding hydrogens is 329 g/mol. The number of nitrogens with zero attached hydrogens (tertiary/aromatic N) is 3. The van der Waals surface area contributed by atoms with Crippen molar-refractivity contribution in [1.29, 1.82) is 0 Å². The van der Waals surface area contributed by atoms with Crippen LogP contribution in [0, 0.1) is 6.92 Å². The Morgan fingerprint density at radius 1 is 1.04 bits per heavy atom. The molecule has 0 saturated carbocycles. The van der Waals surface area contributed by atoms with Crippen molar-refractivity contribution in [1.82, 2.24) is 9.97 Å². The largest absolute Gasteiger partial charge is 0.418 e. The number of halogens is 3. The summed E-state index contributed by atoms with van der Waals surface area (Å²) in [5, 5.41) is 2.80. The van der Waals surface area contributed by atoms with Crippen LogP contribution in [-0.2, 0) is 6.18 Å². The minimum Gasteiger partial charge on any atom is -0.341 e. The molecule has 0 bridgehead atoms. The van der Waals surface area contributed by atoms with Crippen molar-refractivity contribution in [3.8, 4) is 0 Å². The topological polar surface area (TPSA) is 41.1 Å². The molecule has 1 aromatic carbocycles. The molecule has 0 atom stereocenters. The highest BCUT2D eigenvalue weighted by Crippen LogP contribution is 2.35. The van der Waals surface area contributed by atoms with E-state index in [1.807, 2.05) is 11.8 Å². The molecule has 0 radical (unpaired) electrons. The van der Waals surface area contributed by atoms with Gasteiger partial charge < -0.3 is 10.2 Å². The molecule has 2 rings (SSSR count). The Labute approximate surface area is 146 Å². The average molecular weight is 352 g/mol. The summed E-state index contributed by atoms with van der Waals surface area (Å²) in [7, 11) is 0. The zero-order valence-electron chi connectivity index (χ0n) is 14.7. The zero-order valence-corrected chi connectivity index (χ0v) is 14.7. The van der Waals surface area contributed by atoms with E-state index >= 15 is 0 Å². The summed E-state index contributed by atoms with van der Waals surface area (Å²) in [6.45, 7) is 7.54. The number of rotatable bonds is 7. The van der Waals surface area contributed by atoms with Gasteiger partial charge in [-0.1, -0.05) is 26.0 Å². The molecule has 1 aromatic heterocycles. The number of aryl methyl sites for hydroxylation is 1. The molecule has 0 aliphatic carbocycles. The minimum absolute atomic E-state index is 0.0171. The van der Waals surface area contributed by atoms with E-state index in [1.165, 1.54) is 12.1 Å². The van der Waals surface area contributed by atoms with E-state index in [9.17, 15) is 13.2 Å². The quantitative estimate of drug-likeness (QED) is 0.746. The molecule has 1 heterocycles. The van der Waals surface area contributed by atoms with Gasteiger partial charge in [-0.2, -0.15) is 18.2 Å². The maximum atomic E-state index is 13.2. The number of anilines is 3. The summed E-state index contributed by atoms with van der Waals surface area (Å²) in [6, 6.07) is 7.03. The van der Waals surface area contributed by atoms with Crippen LogP contribution in [0.15, 0.2) is 30.3 Å². The van der Waals surface area contributed by atoms with Crippen molar-refractivity contribution in [3.63, 3.8) is 0 Å². The highest BCUT2D eigenvalue weighted by atomic mass is 19.4. The van der Waals surface area contributed by atoms with Crippen molar-refractivity contribution in [2.75, 3.05) is 23.3 Å². The van der Waals surface area contributed by atoms with Gasteiger partial charge >= 0.3 is 6.18 Å². The van der Waals surface area contributed by atoms with Crippen molar-refractivity contribution in [2.24, 2.45) is 0 Å². The van der Waals surface area contributed by atoms with Crippen LogP contribution in [-0.4, -0.2) is 23.1 Å². The van der Waals surface area contributed by atoms with Crippen LogP contribution in [0.25, 0.3) is 0 Å². The molecule has 2 aromatic rings. The van der Waals surface area contributed by atoms with E-state index in [-0.39, 0.29) is 5.69 Å². The van der Waals surface area contributed by atoms with Gasteiger partial charge in [0.1, 0.15) is 5.82 Å². The number of benzene rings is 1. The van der Waals surface area contributed by atoms with Gasteiger partial charge in [-0.25, -0.2) is 4.98 Å². The smallest absolute Gasteiger partial charge is 0.341 e. The van der Waals surface area contributed by atoms with Crippen molar-refractivity contribution in [3.05, 3.63) is 41.6 Å². The molecule has 1 N–H and O–H groups in total. The zero-order chi connectivity index (χ0) is 18.4. The maximum Gasteiger partial charge on any atom is 0.418 e. The van der Waals surface area contributed by atoms with E-state index in [0.717, 1.165) is 32.0 Å². The number of hydrogen-bond donors (Lipinski definition) is 1. The maximum absolute atomic E-state index is 13.2. The number of hydrogen-bond acceptors (Lipinski definition) is 4. The van der Waals surface area contributed by atoms with Crippen molar-refractivity contribution >= 4 is 17.5 Å². The SMILES string of the molecule is CCCN(CCC)c1nc(C)cc(Nc2ccccc2C(F)(F)F)n1. The summed E-state index contributed by atoms with van der Waals surface area (Å²) >= 11 is 0. The van der Waals surface area contributed by atoms with Gasteiger partial charge in [-0.3, -0.25) is 0 Å². The number of nitrogens with one attached hydrogen (secondary N) is 1. The van der Waals surface area contributed by atoms with E-state index in [0.29, 0.717) is 17.5 Å². The fourth-order valence-electron chi connectivity index (χ4n) is 2.59. The third-order valence-electron chi connectivity index (χ3n) is 3.61. The number of alkyl halides is 3. The lowest BCUT2D eigenvalue weighted by atomic mass is 10.1. The standard InChI is InChI=1S/C18H23F3N4/c1-4-10-25(11-5-2)17-22-13(3)12-16(24-17)23-15-9-7-6-8-14(15)18(19,20)21/h6-9,12H,4-5,10-11H2,1-3H3,(H,22,23,24). The summed E-state index contributed by atoms with van der Waals surface area (Å²) < 4.78 is 39.5. The first-order valence-electron chi connectivity index (χ1n) is 8.39. The van der Waals surface area contributed by atoms with E-state index in [1.54, 1.807) is 12.1 Å². The predicted molar refractivity (Wildman–Crippen MR) is 94.3 cm³/mol. The Kier molecular flexibility index (Phi) is 6.22. The number of para-hydroxylation sites is 1. The van der Waals surface area contributed by atoms with Gasteiger partial charge in [0.25, 0.3) is 0 Å². The molecule has 0 aliphatic heterocycles. The van der Waals surface area contributed by atoms with Gasteiger partial charge in [0.05, 0.1) is 11.3 Å². The van der Waals surface area contributed by atoms with Gasteiger partial charge in [-0.15, -0.1) is 0 Å². The van der Waals surface area contributed by atoms with Gasteiger partial charge in [0.15, 0.2) is 0 Å². The Morgan fingerprint density at radius 2 is 1.68 bits per heavy atom. The second-order valence-corrected chi connectivity index (χ2v) is 5.85. The molecule has 25 heavy (non-hydrogen) atoms. The van der Waals surface area contributed by atoms with Gasteiger partial charge in [0, 0.05) is 24.8 Å². The van der Waals surface area contributed by atoms with Crippen molar-refractivity contribution in [2.45, 2.75) is 39.8 Å². The van der Waals surface area contributed by atoms with Gasteiger partial charge in [-0.05, 0) is 31.9 Å². The van der Waals surface area contributed by atoms with Crippen LogP contribution < -0.4 is 10.2 Å². The van der Waals surface area contributed by atoms with Crippen LogP contribution in [0.3, 0.4) is 0 Å². The summed E-state index contributed by atoms with van der Waals surface area (Å²) in [4.78, 5) is 10.9. The molecule has 0 amide bonds. The molecule has 0 aliphatic rings. The van der Waals surface area contributed by atoms with Crippen LogP contribution in [0.1, 0.15) is 37.9 Å². The summed E-state index contributed by atoms with van der Waals surface area (Å²) in [5.41, 5.74) is -0.0300. The molecule has 0 unspecified atom stereocenters. The lowest BCUT2D eigenvalue weighted by Crippen LogP contribution is -2.27. The van der Waals surface area contributed by atoms with Crippen molar-refractivity contribution < 1.29 is 13.2 Å². The Balaban J connectivity index is 2.35. The Morgan fingerprint density at radius 3 is 2.28 bits per heavy atom. The molecule has 0 fully saturated rings. The van der Waals surface area contributed by atoms with Crippen LogP contribution in [0.5, 0.6) is 0 Å². The highest BCUT2D eigenvalue weighted by molar-refractivity contribution is 5.62. The molecule has 136 valence electrons. The first kappa shape index (κ1) is 19.0. The monoisotopic (exact) mass is 352 g/mol. The lowest BCUT2D eigenvalue weighted by Gasteiger charge is -2.22. The average Bonchev–Trinajstić information content (AvgIpc) is 2.53. The third-order valence-corrected chi connectivity index (χ3v) is 3.61. The number of aromatic nitrogens is 2. The van der Waals surface area contributed by atoms with E-state index in [4.69, 9.17) is 0 Å². The lowest BCUT2D eigenvalue weighted by molar-refractivity contribution is -0.136. The van der Waals surface area contributed by atoms with Crippen LogP contribution >= 0.6 is 0 Å². The molecule has 4 nitrogen and oxygen atoms in total. The Hall–Kier alpha value is -2.31. The molecule has 0 spiro atoms. The fourth-order valence-corrected chi connectivity index (χ4v) is 2.59. The Bertz CT molecular complexity index is 695. The third kappa shape index (κ3) is 5.08. The van der Waals surface area contributed by atoms with E-state index < -0.39 is 11.7 Å². The van der Waals surface area contributed by atoms with E-state index in [2.05, 4.69) is 29.1 Å². The van der Waals surface area contributed by atoms with Gasteiger partial charge in [0.2, 0.25) is 5.95 Å². The normalized spacial score (nSPS) is 11.4. The summed E-state index contributed by atoms with van der Waals surface area (Å²) in [6.07, 6.45) is -2.54. The van der Waals surface area contributed by atoms with Crippen LogP contribution in [0.4, 0.5) is 30.6 Å². The first-order chi connectivity index (χ1) is 11.8. The minimum atomic E-state index is -4.43. The molecular formula is C18H23F3N4. The fraction of sp³-hybridized carbons (Fsp3) is 0.444. The summed E-state index contributed by atoms with van der Waals surface area (Å²) in [5.74, 6) is 0.895. The second kappa shape index (κ2) is 8.18. The highest BCUT2D eigenvalue weighted by Gasteiger charge is 2.33. The first-order valence-corrected chi connectivity index (χ1v) is 8.39. The second-order valence-electron chi connectivity index (χ2n) is 5.85. The molecule has 0 saturated heterocycles.